The Morgan fingerprint density at radius 3 is 2.66 bits per heavy atom. The standard InChI is InChI=1S/C22H22N6O3S/c1-4-19-26-18(13-32-19)27-22(30)25-17(12-31-21(23)29)15-9-7-14(8-10-15)16-6-5-11-24-20(16)28(2)3/h1,5-11,13,17H,12H2,2-3H3,(H2,23,29)(H2,25,27,30)/t17-/m0/s1. The monoisotopic (exact) mass is 450 g/mol. The molecule has 164 valence electrons. The summed E-state index contributed by atoms with van der Waals surface area (Å²) in [7, 11) is 3.85. The van der Waals surface area contributed by atoms with Gasteiger partial charge in [-0.15, -0.1) is 17.8 Å². The lowest BCUT2D eigenvalue weighted by molar-refractivity contribution is 0.144. The van der Waals surface area contributed by atoms with Gasteiger partial charge in [0.05, 0.1) is 6.04 Å². The van der Waals surface area contributed by atoms with Crippen molar-refractivity contribution in [3.63, 3.8) is 0 Å². The lowest BCUT2D eigenvalue weighted by atomic mass is 10.0. The molecule has 0 fully saturated rings. The molecular weight excluding hydrogens is 428 g/mol. The first-order valence-electron chi connectivity index (χ1n) is 9.52. The van der Waals surface area contributed by atoms with E-state index in [1.165, 1.54) is 11.3 Å². The molecule has 3 aromatic rings. The van der Waals surface area contributed by atoms with Crippen molar-refractivity contribution in [1.29, 1.82) is 0 Å². The summed E-state index contributed by atoms with van der Waals surface area (Å²) in [6.45, 7) is -0.134. The Kier molecular flexibility index (Phi) is 7.25. The van der Waals surface area contributed by atoms with Crippen LogP contribution in [0.5, 0.6) is 0 Å². The van der Waals surface area contributed by atoms with Crippen molar-refractivity contribution in [2.45, 2.75) is 6.04 Å². The van der Waals surface area contributed by atoms with Crippen LogP contribution < -0.4 is 21.3 Å². The molecule has 1 aromatic carbocycles. The van der Waals surface area contributed by atoms with E-state index in [9.17, 15) is 9.59 Å². The van der Waals surface area contributed by atoms with E-state index < -0.39 is 18.2 Å². The summed E-state index contributed by atoms with van der Waals surface area (Å²) in [6.07, 6.45) is 6.11. The minimum Gasteiger partial charge on any atom is -0.447 e. The van der Waals surface area contributed by atoms with Gasteiger partial charge < -0.3 is 20.7 Å². The van der Waals surface area contributed by atoms with E-state index in [4.69, 9.17) is 16.9 Å². The second-order valence-electron chi connectivity index (χ2n) is 6.85. The molecule has 4 N–H and O–H groups in total. The zero-order valence-electron chi connectivity index (χ0n) is 17.5. The summed E-state index contributed by atoms with van der Waals surface area (Å²) >= 11 is 1.24. The lowest BCUT2D eigenvalue weighted by Crippen LogP contribution is -2.36. The molecule has 32 heavy (non-hydrogen) atoms. The highest BCUT2D eigenvalue weighted by atomic mass is 32.1. The molecule has 3 rings (SSSR count). The lowest BCUT2D eigenvalue weighted by Gasteiger charge is -2.20. The maximum Gasteiger partial charge on any atom is 0.404 e. The van der Waals surface area contributed by atoms with Gasteiger partial charge in [0.15, 0.2) is 5.01 Å². The van der Waals surface area contributed by atoms with Crippen molar-refractivity contribution in [2.24, 2.45) is 5.73 Å². The number of rotatable bonds is 7. The van der Waals surface area contributed by atoms with E-state index in [1.54, 1.807) is 11.6 Å². The van der Waals surface area contributed by atoms with Crippen molar-refractivity contribution in [2.75, 3.05) is 30.9 Å². The molecule has 0 aliphatic rings. The molecule has 0 radical (unpaired) electrons. The van der Waals surface area contributed by atoms with Gasteiger partial charge in [0, 0.05) is 31.2 Å². The number of carbonyl (C=O) groups is 2. The highest BCUT2D eigenvalue weighted by Gasteiger charge is 2.18. The minimum atomic E-state index is -0.932. The van der Waals surface area contributed by atoms with Crippen molar-refractivity contribution < 1.29 is 14.3 Å². The summed E-state index contributed by atoms with van der Waals surface area (Å²) in [6, 6.07) is 10.2. The normalized spacial score (nSPS) is 11.2. The smallest absolute Gasteiger partial charge is 0.404 e. The third kappa shape index (κ3) is 5.74. The molecule has 0 unspecified atom stereocenters. The molecule has 3 amide bonds. The highest BCUT2D eigenvalue weighted by molar-refractivity contribution is 7.10. The van der Waals surface area contributed by atoms with Crippen LogP contribution in [0.1, 0.15) is 16.6 Å². The van der Waals surface area contributed by atoms with Crippen LogP contribution in [-0.4, -0.2) is 42.8 Å². The molecule has 0 bridgehead atoms. The zero-order valence-corrected chi connectivity index (χ0v) is 18.3. The first kappa shape index (κ1) is 22.6. The Balaban J connectivity index is 1.78. The second kappa shape index (κ2) is 10.3. The fourth-order valence-corrected chi connectivity index (χ4v) is 3.52. The number of nitrogens with two attached hydrogens (primary N) is 1. The topological polar surface area (TPSA) is 122 Å². The molecule has 1 atom stereocenters. The Morgan fingerprint density at radius 2 is 2.03 bits per heavy atom. The summed E-state index contributed by atoms with van der Waals surface area (Å²) in [5.41, 5.74) is 7.75. The number of anilines is 2. The molecule has 2 heterocycles. The molecule has 10 heteroatoms. The Labute approximate surface area is 189 Å². The number of hydrogen-bond acceptors (Lipinski definition) is 7. The molecule has 2 aromatic heterocycles. The van der Waals surface area contributed by atoms with Crippen LogP contribution in [0.3, 0.4) is 0 Å². The summed E-state index contributed by atoms with van der Waals surface area (Å²) in [5, 5.41) is 7.46. The molecule has 0 spiro atoms. The Bertz CT molecular complexity index is 1140. The van der Waals surface area contributed by atoms with Crippen molar-refractivity contribution >= 4 is 35.1 Å². The number of nitrogens with one attached hydrogen (secondary N) is 2. The van der Waals surface area contributed by atoms with E-state index in [2.05, 4.69) is 26.5 Å². The van der Waals surface area contributed by atoms with Gasteiger partial charge in [0.25, 0.3) is 0 Å². The number of benzene rings is 1. The zero-order chi connectivity index (χ0) is 23.1. The van der Waals surface area contributed by atoms with Crippen molar-refractivity contribution in [1.82, 2.24) is 15.3 Å². The van der Waals surface area contributed by atoms with Gasteiger partial charge in [0.2, 0.25) is 0 Å². The number of primary amides is 1. The molecule has 0 aliphatic carbocycles. The largest absolute Gasteiger partial charge is 0.447 e. The summed E-state index contributed by atoms with van der Waals surface area (Å²) in [5.74, 6) is 3.57. The van der Waals surface area contributed by atoms with Crippen molar-refractivity contribution in [3.8, 4) is 23.5 Å². The number of hydrogen-bond donors (Lipinski definition) is 3. The SMILES string of the molecule is C#Cc1nc(NC(=O)N[C@@H](COC(N)=O)c2ccc(-c3cccnc3N(C)C)cc2)cs1. The van der Waals surface area contributed by atoms with E-state index >= 15 is 0 Å². The number of amides is 3. The van der Waals surface area contributed by atoms with E-state index in [0.29, 0.717) is 10.8 Å². The molecule has 0 aliphatic heterocycles. The number of pyridine rings is 1. The van der Waals surface area contributed by atoms with Crippen LogP contribution in [0.25, 0.3) is 11.1 Å². The van der Waals surface area contributed by atoms with Crippen LogP contribution in [-0.2, 0) is 4.74 Å². The Hall–Kier alpha value is -4.10. The number of aromatic nitrogens is 2. The van der Waals surface area contributed by atoms with Gasteiger partial charge >= 0.3 is 12.1 Å². The van der Waals surface area contributed by atoms with E-state index in [-0.39, 0.29) is 6.61 Å². The maximum absolute atomic E-state index is 12.5. The van der Waals surface area contributed by atoms with Crippen LogP contribution in [0, 0.1) is 12.3 Å². The summed E-state index contributed by atoms with van der Waals surface area (Å²) in [4.78, 5) is 34.0. The van der Waals surface area contributed by atoms with E-state index in [1.807, 2.05) is 55.4 Å². The van der Waals surface area contributed by atoms with Crippen LogP contribution in [0.4, 0.5) is 21.2 Å². The molecule has 0 saturated heterocycles. The number of ether oxygens (including phenoxy) is 1. The first-order valence-corrected chi connectivity index (χ1v) is 10.4. The van der Waals surface area contributed by atoms with E-state index in [0.717, 1.165) is 22.5 Å². The highest BCUT2D eigenvalue weighted by Crippen LogP contribution is 2.28. The molecular formula is C22H22N6O3S. The first-order chi connectivity index (χ1) is 15.4. The van der Waals surface area contributed by atoms with Crippen LogP contribution in [0.2, 0.25) is 0 Å². The number of nitrogens with zero attached hydrogens (tertiary/aromatic N) is 3. The predicted octanol–water partition coefficient (Wildman–Crippen LogP) is 3.21. The average molecular weight is 451 g/mol. The fourth-order valence-electron chi connectivity index (χ4n) is 2.97. The van der Waals surface area contributed by atoms with Gasteiger partial charge in [-0.05, 0) is 29.2 Å². The van der Waals surface area contributed by atoms with Gasteiger partial charge in [-0.3, -0.25) is 5.32 Å². The van der Waals surface area contributed by atoms with Gasteiger partial charge in [0.1, 0.15) is 18.2 Å². The summed E-state index contributed by atoms with van der Waals surface area (Å²) < 4.78 is 4.94. The third-order valence-corrected chi connectivity index (χ3v) is 5.17. The fraction of sp³-hybridized carbons (Fsp3) is 0.182. The predicted molar refractivity (Wildman–Crippen MR) is 124 cm³/mol. The Morgan fingerprint density at radius 1 is 1.28 bits per heavy atom. The number of thiazole rings is 1. The van der Waals surface area contributed by atoms with Crippen LogP contribution in [0.15, 0.2) is 48.0 Å². The van der Waals surface area contributed by atoms with Gasteiger partial charge in [-0.1, -0.05) is 24.3 Å². The molecule has 9 nitrogen and oxygen atoms in total. The maximum atomic E-state index is 12.5. The van der Waals surface area contributed by atoms with Crippen molar-refractivity contribution in [3.05, 3.63) is 58.5 Å². The second-order valence-corrected chi connectivity index (χ2v) is 7.71. The number of carbonyl (C=O) groups excluding carboxylic acids is 2. The average Bonchev–Trinajstić information content (AvgIpc) is 3.24. The third-order valence-electron chi connectivity index (χ3n) is 4.40. The number of urea groups is 1. The van der Waals surface area contributed by atoms with Gasteiger partial charge in [-0.25, -0.2) is 19.6 Å². The number of terminal acetylenes is 1. The van der Waals surface area contributed by atoms with Gasteiger partial charge in [-0.2, -0.15) is 0 Å². The quantitative estimate of drug-likeness (QED) is 0.475. The minimum absolute atomic E-state index is 0.134. The molecule has 0 saturated carbocycles. The van der Waals surface area contributed by atoms with Crippen LogP contribution >= 0.6 is 11.3 Å².